The Morgan fingerprint density at radius 1 is 0.950 bits per heavy atom. The summed E-state index contributed by atoms with van der Waals surface area (Å²) in [5.41, 5.74) is 1.64. The number of hydrogen-bond donors (Lipinski definition) is 1. The van der Waals surface area contributed by atoms with Crippen LogP contribution in [0, 0.1) is 11.7 Å². The molecule has 0 saturated carbocycles. The van der Waals surface area contributed by atoms with E-state index in [2.05, 4.69) is 5.32 Å². The minimum atomic E-state index is -0.785. The van der Waals surface area contributed by atoms with E-state index in [-0.39, 0.29) is 23.2 Å². The van der Waals surface area contributed by atoms with Crippen LogP contribution in [-0.2, 0) is 20.9 Å². The van der Waals surface area contributed by atoms with Gasteiger partial charge in [0, 0.05) is 16.5 Å². The molecule has 1 N–H and O–H groups in total. The van der Waals surface area contributed by atoms with Crippen molar-refractivity contribution in [2.24, 2.45) is 5.92 Å². The van der Waals surface area contributed by atoms with Gasteiger partial charge in [-0.25, -0.2) is 9.29 Å². The summed E-state index contributed by atoms with van der Waals surface area (Å²) in [6, 6.07) is 21.3. The molecule has 1 saturated heterocycles. The third kappa shape index (κ3) is 4.50. The molecule has 0 bridgehead atoms. The summed E-state index contributed by atoms with van der Waals surface area (Å²) in [5.74, 6) is -2.29. The normalized spacial score (nSPS) is 19.8. The van der Waals surface area contributed by atoms with Crippen LogP contribution < -0.4 is 19.8 Å². The summed E-state index contributed by atoms with van der Waals surface area (Å²) in [4.78, 5) is 55.2. The molecule has 202 valence electrons. The van der Waals surface area contributed by atoms with E-state index in [4.69, 9.17) is 4.74 Å². The van der Waals surface area contributed by atoms with Crippen LogP contribution in [0.4, 0.5) is 15.8 Å². The topological polar surface area (TPSA) is 97.7 Å². The predicted octanol–water partition coefficient (Wildman–Crippen LogP) is 4.49. The molecule has 6 rings (SSSR count). The number of imide groups is 1. The van der Waals surface area contributed by atoms with Crippen molar-refractivity contribution in [3.63, 3.8) is 0 Å². The van der Waals surface area contributed by atoms with Crippen LogP contribution >= 0.6 is 23.1 Å². The van der Waals surface area contributed by atoms with E-state index in [9.17, 15) is 23.6 Å². The van der Waals surface area contributed by atoms with Gasteiger partial charge in [0.05, 0.1) is 23.7 Å². The zero-order valence-electron chi connectivity index (χ0n) is 21.1. The summed E-state index contributed by atoms with van der Waals surface area (Å²) in [7, 11) is 1.54. The number of hydrogen-bond acceptors (Lipinski definition) is 7. The molecule has 11 heteroatoms. The largest absolute Gasteiger partial charge is 0.497 e. The van der Waals surface area contributed by atoms with E-state index in [0.717, 1.165) is 28.7 Å². The lowest BCUT2D eigenvalue weighted by Gasteiger charge is -2.30. The summed E-state index contributed by atoms with van der Waals surface area (Å²) in [6.45, 7) is -0.293. The van der Waals surface area contributed by atoms with E-state index < -0.39 is 28.8 Å². The Balaban J connectivity index is 1.38. The number of amides is 3. The molecule has 1 fully saturated rings. The predicted molar refractivity (Wildman–Crippen MR) is 151 cm³/mol. The number of anilines is 2. The van der Waals surface area contributed by atoms with Gasteiger partial charge in [0.25, 0.3) is 0 Å². The number of methoxy groups -OCH3 is 1. The molecule has 3 atom stereocenters. The lowest BCUT2D eigenvalue weighted by Crippen LogP contribution is -2.33. The highest BCUT2D eigenvalue weighted by atomic mass is 32.2. The van der Waals surface area contributed by atoms with Crippen LogP contribution in [0.3, 0.4) is 0 Å². The van der Waals surface area contributed by atoms with Crippen LogP contribution in [0.5, 0.6) is 5.75 Å². The van der Waals surface area contributed by atoms with Gasteiger partial charge in [-0.1, -0.05) is 53.4 Å². The monoisotopic (exact) mass is 575 g/mol. The van der Waals surface area contributed by atoms with Crippen molar-refractivity contribution in [2.75, 3.05) is 17.3 Å². The highest BCUT2D eigenvalue weighted by Gasteiger charge is 2.56. The summed E-state index contributed by atoms with van der Waals surface area (Å²) in [5, 5.41) is 2.39. The molecule has 2 aliphatic heterocycles. The lowest BCUT2D eigenvalue weighted by molar-refractivity contribution is -0.122. The number of nitrogens with zero attached hydrogens (tertiary/aromatic N) is 2. The zero-order valence-corrected chi connectivity index (χ0v) is 22.7. The first kappa shape index (κ1) is 26.0. The molecule has 1 aromatic heterocycles. The number of halogens is 1. The third-order valence-electron chi connectivity index (χ3n) is 6.97. The van der Waals surface area contributed by atoms with E-state index in [1.54, 1.807) is 24.3 Å². The van der Waals surface area contributed by atoms with Crippen LogP contribution in [0.1, 0.15) is 16.4 Å². The van der Waals surface area contributed by atoms with Gasteiger partial charge in [0.2, 0.25) is 17.7 Å². The van der Waals surface area contributed by atoms with E-state index in [0.29, 0.717) is 27.0 Å². The van der Waals surface area contributed by atoms with Gasteiger partial charge in [-0.3, -0.25) is 23.7 Å². The number of carbonyl (C=O) groups is 3. The van der Waals surface area contributed by atoms with E-state index >= 15 is 0 Å². The number of aromatic nitrogens is 1. The van der Waals surface area contributed by atoms with Crippen molar-refractivity contribution in [3.8, 4) is 5.75 Å². The second-order valence-electron chi connectivity index (χ2n) is 9.34. The molecule has 2 aliphatic rings. The van der Waals surface area contributed by atoms with Crippen molar-refractivity contribution in [3.05, 3.63) is 105 Å². The maximum absolute atomic E-state index is 13.9. The number of carbonyl (C=O) groups excluding carboxylic acids is 3. The number of thioether (sulfide) groups is 1. The van der Waals surface area contributed by atoms with E-state index in [1.807, 2.05) is 30.3 Å². The number of benzene rings is 3. The van der Waals surface area contributed by atoms with Crippen molar-refractivity contribution in [1.29, 1.82) is 0 Å². The highest BCUT2D eigenvalue weighted by Crippen LogP contribution is 2.53. The van der Waals surface area contributed by atoms with Gasteiger partial charge in [0.15, 0.2) is 0 Å². The number of thiazole rings is 1. The molecule has 3 heterocycles. The average Bonchev–Trinajstić information content (AvgIpc) is 3.41. The first-order valence-electron chi connectivity index (χ1n) is 12.4. The molecule has 40 heavy (non-hydrogen) atoms. The average molecular weight is 576 g/mol. The Morgan fingerprint density at radius 3 is 2.33 bits per heavy atom. The fraction of sp³-hybridized carbons (Fsp3) is 0.172. The van der Waals surface area contributed by atoms with Crippen LogP contribution in [0.2, 0.25) is 0 Å². The Bertz CT molecular complexity index is 1670. The third-order valence-corrected chi connectivity index (χ3v) is 9.57. The maximum atomic E-state index is 13.9. The molecule has 3 amide bonds. The Kier molecular flexibility index (Phi) is 6.77. The fourth-order valence-corrected chi connectivity index (χ4v) is 7.91. The van der Waals surface area contributed by atoms with Gasteiger partial charge in [-0.15, -0.1) is 0 Å². The molecular formula is C29H22FN3O5S2. The molecule has 0 aliphatic carbocycles. The molecule has 8 nitrogen and oxygen atoms in total. The Labute approximate surface area is 236 Å². The smallest absolute Gasteiger partial charge is 0.308 e. The summed E-state index contributed by atoms with van der Waals surface area (Å²) in [6.07, 6.45) is 0. The van der Waals surface area contributed by atoms with Crippen LogP contribution in [-0.4, -0.2) is 34.6 Å². The quantitative estimate of drug-likeness (QED) is 0.340. The number of rotatable bonds is 6. The second-order valence-corrected chi connectivity index (χ2v) is 11.5. The van der Waals surface area contributed by atoms with Crippen molar-refractivity contribution in [1.82, 2.24) is 4.57 Å². The van der Waals surface area contributed by atoms with E-state index in [1.165, 1.54) is 40.8 Å². The molecule has 0 radical (unpaired) electrons. The van der Waals surface area contributed by atoms with Gasteiger partial charge in [0.1, 0.15) is 23.4 Å². The van der Waals surface area contributed by atoms with Gasteiger partial charge >= 0.3 is 4.87 Å². The van der Waals surface area contributed by atoms with Crippen LogP contribution in [0.15, 0.2) is 88.7 Å². The lowest BCUT2D eigenvalue weighted by atomic mass is 9.83. The first-order chi connectivity index (χ1) is 19.4. The number of nitrogens with one attached hydrogen (secondary N) is 1. The summed E-state index contributed by atoms with van der Waals surface area (Å²) < 4.78 is 19.8. The van der Waals surface area contributed by atoms with Gasteiger partial charge in [-0.2, -0.15) is 0 Å². The molecular weight excluding hydrogens is 553 g/mol. The van der Waals surface area contributed by atoms with Crippen LogP contribution in [0.25, 0.3) is 0 Å². The minimum Gasteiger partial charge on any atom is -0.497 e. The molecule has 0 spiro atoms. The Hall–Kier alpha value is -4.22. The SMILES string of the molecule is COc1ccc(N2C(=O)[C@H]3[C@H](c4ccccc4)c4sc(=O)n(CC(=O)Nc5ccc(F)cc5)c4S[C@H]3C2=O)cc1. The molecule has 3 aromatic carbocycles. The first-order valence-corrected chi connectivity index (χ1v) is 14.1. The molecule has 4 aromatic rings. The Morgan fingerprint density at radius 2 is 1.65 bits per heavy atom. The van der Waals surface area contributed by atoms with Gasteiger partial charge in [-0.05, 0) is 54.1 Å². The zero-order chi connectivity index (χ0) is 28.0. The standard InChI is InChI=1S/C29H22FN3O5S2/c1-38-20-13-11-19(12-14-20)33-26(35)23-22(16-5-3-2-4-6-16)25-28(39-24(23)27(33)36)32(29(37)40-25)15-21(34)31-18-9-7-17(30)8-10-18/h2-14,22-24H,15H2,1H3,(H,31,34)/t22-,23-,24+/m0/s1. The summed E-state index contributed by atoms with van der Waals surface area (Å²) >= 11 is 2.13. The fourth-order valence-electron chi connectivity index (χ4n) is 5.14. The second kappa shape index (κ2) is 10.4. The van der Waals surface area contributed by atoms with Crippen molar-refractivity contribution in [2.45, 2.75) is 22.7 Å². The minimum absolute atomic E-state index is 0.293. The molecule has 0 unspecified atom stereocenters. The van der Waals surface area contributed by atoms with Gasteiger partial charge < -0.3 is 10.1 Å². The highest BCUT2D eigenvalue weighted by molar-refractivity contribution is 8.00. The van der Waals surface area contributed by atoms with Crippen molar-refractivity contribution >= 4 is 52.2 Å². The number of ether oxygens (including phenoxy) is 1. The maximum Gasteiger partial charge on any atom is 0.308 e. The van der Waals surface area contributed by atoms with Crippen molar-refractivity contribution < 1.29 is 23.5 Å². The number of fused-ring (bicyclic) bond motifs is 2.